The highest BCUT2D eigenvalue weighted by Gasteiger charge is 2.11. The van der Waals surface area contributed by atoms with E-state index in [1.807, 2.05) is 49.5 Å². The number of para-hydroxylation sites is 1. The van der Waals surface area contributed by atoms with Crippen molar-refractivity contribution in [1.82, 2.24) is 19.7 Å². The van der Waals surface area contributed by atoms with E-state index in [9.17, 15) is 0 Å². The Hall–Kier alpha value is -2.35. The molecule has 0 saturated carbocycles. The summed E-state index contributed by atoms with van der Waals surface area (Å²) in [7, 11) is 2.02. The molecule has 0 atom stereocenters. The zero-order valence-electron chi connectivity index (χ0n) is 14.5. The van der Waals surface area contributed by atoms with Crippen molar-refractivity contribution in [3.63, 3.8) is 0 Å². The van der Waals surface area contributed by atoms with E-state index in [1.54, 1.807) is 16.0 Å². The normalized spacial score (nSPS) is 11.5. The third-order valence-electron chi connectivity index (χ3n) is 4.02. The predicted molar refractivity (Wildman–Crippen MR) is 107 cm³/mol. The highest BCUT2D eigenvalue weighted by molar-refractivity contribution is 7.71. The van der Waals surface area contributed by atoms with Crippen LogP contribution in [0.25, 0.3) is 21.7 Å². The van der Waals surface area contributed by atoms with Crippen LogP contribution in [-0.2, 0) is 13.2 Å². The van der Waals surface area contributed by atoms with Gasteiger partial charge in [0, 0.05) is 5.56 Å². The Labute approximate surface area is 160 Å². The van der Waals surface area contributed by atoms with E-state index < -0.39 is 0 Å². The van der Waals surface area contributed by atoms with Gasteiger partial charge in [-0.1, -0.05) is 29.8 Å². The average Bonchev–Trinajstić information content (AvgIpc) is 3.18. The molecule has 0 saturated heterocycles. The number of nitrogens with zero attached hydrogens (tertiary/aromatic N) is 4. The fourth-order valence-corrected chi connectivity index (χ4v) is 3.93. The maximum Gasteiger partial charge on any atom is 0.288 e. The summed E-state index contributed by atoms with van der Waals surface area (Å²) in [5.74, 6) is 0.545. The van der Waals surface area contributed by atoms with Crippen LogP contribution in [0.2, 0.25) is 0 Å². The first-order valence-electron chi connectivity index (χ1n) is 8.26. The molecule has 0 fully saturated rings. The van der Waals surface area contributed by atoms with Crippen LogP contribution in [-0.4, -0.2) is 26.7 Å². The van der Waals surface area contributed by atoms with Crippen molar-refractivity contribution in [2.45, 2.75) is 20.1 Å². The van der Waals surface area contributed by atoms with Crippen molar-refractivity contribution in [2.75, 3.05) is 7.05 Å². The summed E-state index contributed by atoms with van der Waals surface area (Å²) < 4.78 is 8.58. The molecule has 0 aliphatic carbocycles. The number of aryl methyl sites for hydroxylation is 1. The standard InChI is InChI=1S/C19H18N4OS2/c1-13-7-9-14(10-8-13)18-21-23(19(25)24-18)12-22(2)11-17-20-15-5-3-4-6-16(15)26-17/h3-10H,11-12H2,1-2H3. The molecule has 26 heavy (non-hydrogen) atoms. The van der Waals surface area contributed by atoms with E-state index >= 15 is 0 Å². The molecule has 2 aromatic heterocycles. The monoisotopic (exact) mass is 382 g/mol. The number of hydrogen-bond acceptors (Lipinski definition) is 6. The topological polar surface area (TPSA) is 47.1 Å². The van der Waals surface area contributed by atoms with Gasteiger partial charge in [0.1, 0.15) is 5.01 Å². The fourth-order valence-electron chi connectivity index (χ4n) is 2.71. The quantitative estimate of drug-likeness (QED) is 0.460. The van der Waals surface area contributed by atoms with Gasteiger partial charge >= 0.3 is 0 Å². The third-order valence-corrected chi connectivity index (χ3v) is 5.34. The van der Waals surface area contributed by atoms with Gasteiger partial charge in [-0.25, -0.2) is 9.67 Å². The SMILES string of the molecule is Cc1ccc(-c2nn(CN(C)Cc3nc4ccccc4s3)c(=S)o2)cc1. The van der Waals surface area contributed by atoms with Gasteiger partial charge in [0.05, 0.1) is 23.4 Å². The Kier molecular flexibility index (Phi) is 4.67. The van der Waals surface area contributed by atoms with Gasteiger partial charge < -0.3 is 4.42 Å². The third kappa shape index (κ3) is 3.60. The molecule has 0 aliphatic heterocycles. The molecular formula is C19H18N4OS2. The number of rotatable bonds is 5. The van der Waals surface area contributed by atoms with E-state index in [4.69, 9.17) is 16.6 Å². The highest BCUT2D eigenvalue weighted by atomic mass is 32.1. The van der Waals surface area contributed by atoms with Crippen molar-refractivity contribution in [1.29, 1.82) is 0 Å². The van der Waals surface area contributed by atoms with E-state index in [0.29, 0.717) is 17.4 Å². The molecule has 0 bridgehead atoms. The van der Waals surface area contributed by atoms with E-state index in [2.05, 4.69) is 28.0 Å². The van der Waals surface area contributed by atoms with Crippen molar-refractivity contribution in [3.05, 3.63) is 63.9 Å². The van der Waals surface area contributed by atoms with Gasteiger partial charge in [-0.05, 0) is 50.5 Å². The summed E-state index contributed by atoms with van der Waals surface area (Å²) in [6.07, 6.45) is 0. The summed E-state index contributed by atoms with van der Waals surface area (Å²) in [5.41, 5.74) is 3.16. The molecule has 2 heterocycles. The second-order valence-corrected chi connectivity index (χ2v) is 7.73. The molecular weight excluding hydrogens is 364 g/mol. The van der Waals surface area contributed by atoms with Crippen LogP contribution in [0.15, 0.2) is 52.9 Å². The lowest BCUT2D eigenvalue weighted by atomic mass is 10.1. The summed E-state index contributed by atoms with van der Waals surface area (Å²) in [6, 6.07) is 16.2. The maximum atomic E-state index is 5.67. The minimum atomic E-state index is 0.372. The summed E-state index contributed by atoms with van der Waals surface area (Å²) in [4.78, 5) is 7.17. The van der Waals surface area contributed by atoms with Gasteiger partial charge in [-0.3, -0.25) is 4.90 Å². The highest BCUT2D eigenvalue weighted by Crippen LogP contribution is 2.23. The van der Waals surface area contributed by atoms with Gasteiger partial charge in [-0.2, -0.15) is 0 Å². The molecule has 0 aliphatic rings. The van der Waals surface area contributed by atoms with Gasteiger partial charge in [0.15, 0.2) is 0 Å². The summed E-state index contributed by atoms with van der Waals surface area (Å²) in [6.45, 7) is 3.33. The second kappa shape index (κ2) is 7.11. The first-order valence-corrected chi connectivity index (χ1v) is 9.49. The molecule has 0 spiro atoms. The van der Waals surface area contributed by atoms with Crippen LogP contribution in [0.1, 0.15) is 10.6 Å². The Morgan fingerprint density at radius 3 is 2.69 bits per heavy atom. The van der Waals surface area contributed by atoms with Gasteiger partial charge in [0.25, 0.3) is 4.84 Å². The number of benzene rings is 2. The largest absolute Gasteiger partial charge is 0.409 e. The molecule has 0 amide bonds. The van der Waals surface area contributed by atoms with E-state index in [-0.39, 0.29) is 0 Å². The van der Waals surface area contributed by atoms with Gasteiger partial charge in [0.2, 0.25) is 5.89 Å². The average molecular weight is 383 g/mol. The molecule has 2 aromatic carbocycles. The number of thiazole rings is 1. The molecule has 0 unspecified atom stereocenters. The lowest BCUT2D eigenvalue weighted by molar-refractivity contribution is 0.240. The molecule has 132 valence electrons. The number of aromatic nitrogens is 3. The maximum absolute atomic E-state index is 5.67. The second-order valence-electron chi connectivity index (χ2n) is 6.27. The first-order chi connectivity index (χ1) is 12.6. The number of hydrogen-bond donors (Lipinski definition) is 0. The Bertz CT molecular complexity index is 1060. The zero-order valence-corrected chi connectivity index (χ0v) is 16.2. The van der Waals surface area contributed by atoms with Crippen molar-refractivity contribution in [2.24, 2.45) is 0 Å². The first kappa shape index (κ1) is 17.1. The summed E-state index contributed by atoms with van der Waals surface area (Å²) >= 11 is 7.04. The van der Waals surface area contributed by atoms with E-state index in [0.717, 1.165) is 22.6 Å². The Balaban J connectivity index is 1.49. The fraction of sp³-hybridized carbons (Fsp3) is 0.211. The van der Waals surface area contributed by atoms with Crippen LogP contribution in [0.3, 0.4) is 0 Å². The van der Waals surface area contributed by atoms with Crippen LogP contribution in [0, 0.1) is 11.8 Å². The molecule has 7 heteroatoms. The smallest absolute Gasteiger partial charge is 0.288 e. The van der Waals surface area contributed by atoms with E-state index in [1.165, 1.54) is 10.3 Å². The molecule has 0 N–H and O–H groups in total. The molecule has 4 rings (SSSR count). The Morgan fingerprint density at radius 2 is 1.92 bits per heavy atom. The minimum absolute atomic E-state index is 0.372. The lowest BCUT2D eigenvalue weighted by Gasteiger charge is -2.13. The summed E-state index contributed by atoms with van der Waals surface area (Å²) in [5, 5.41) is 5.59. The molecule has 4 aromatic rings. The minimum Gasteiger partial charge on any atom is -0.409 e. The van der Waals surface area contributed by atoms with Crippen LogP contribution in [0.4, 0.5) is 0 Å². The van der Waals surface area contributed by atoms with Crippen molar-refractivity contribution < 1.29 is 4.42 Å². The number of fused-ring (bicyclic) bond motifs is 1. The van der Waals surface area contributed by atoms with Crippen molar-refractivity contribution >= 4 is 33.8 Å². The molecule has 0 radical (unpaired) electrons. The van der Waals surface area contributed by atoms with Crippen LogP contribution in [0.5, 0.6) is 0 Å². The lowest BCUT2D eigenvalue weighted by Crippen LogP contribution is -2.22. The van der Waals surface area contributed by atoms with Gasteiger partial charge in [-0.15, -0.1) is 16.4 Å². The van der Waals surface area contributed by atoms with Crippen molar-refractivity contribution in [3.8, 4) is 11.5 Å². The van der Waals surface area contributed by atoms with Crippen LogP contribution >= 0.6 is 23.6 Å². The Morgan fingerprint density at radius 1 is 1.15 bits per heavy atom. The zero-order chi connectivity index (χ0) is 18.1. The van der Waals surface area contributed by atoms with Crippen LogP contribution < -0.4 is 0 Å². The molecule has 5 nitrogen and oxygen atoms in total. The predicted octanol–water partition coefficient (Wildman–Crippen LogP) is 4.88.